The van der Waals surface area contributed by atoms with Crippen LogP contribution in [0.4, 0.5) is 0 Å². The minimum Gasteiger partial charge on any atom is -0.493 e. The zero-order chi connectivity index (χ0) is 20.3. The van der Waals surface area contributed by atoms with Crippen LogP contribution in [0.15, 0.2) is 47.5 Å². The third-order valence-corrected chi connectivity index (χ3v) is 6.58. The third kappa shape index (κ3) is 4.15. The Morgan fingerprint density at radius 2 is 1.83 bits per heavy atom. The fourth-order valence-corrected chi connectivity index (χ4v) is 4.80. The summed E-state index contributed by atoms with van der Waals surface area (Å²) >= 11 is 0. The second-order valence-corrected chi connectivity index (χ2v) is 8.69. The van der Waals surface area contributed by atoms with Gasteiger partial charge < -0.3 is 9.64 Å². The minimum atomic E-state index is -0.0697. The van der Waals surface area contributed by atoms with Crippen molar-refractivity contribution in [1.82, 2.24) is 19.2 Å². The van der Waals surface area contributed by atoms with E-state index in [0.717, 1.165) is 29.7 Å². The van der Waals surface area contributed by atoms with Crippen LogP contribution in [0.25, 0.3) is 16.6 Å². The van der Waals surface area contributed by atoms with Gasteiger partial charge in [-0.1, -0.05) is 12.8 Å². The van der Waals surface area contributed by atoms with Crippen LogP contribution in [0.5, 0.6) is 5.75 Å². The highest BCUT2D eigenvalue weighted by molar-refractivity contribution is 5.80. The number of benzene rings is 1. The van der Waals surface area contributed by atoms with Crippen LogP contribution in [-0.4, -0.2) is 45.5 Å². The summed E-state index contributed by atoms with van der Waals surface area (Å²) in [4.78, 5) is 15.2. The van der Waals surface area contributed by atoms with Crippen molar-refractivity contribution in [1.29, 1.82) is 0 Å². The lowest BCUT2D eigenvalue weighted by molar-refractivity contribution is 0.251. The first kappa shape index (κ1) is 19.4. The van der Waals surface area contributed by atoms with E-state index in [9.17, 15) is 4.79 Å². The zero-order valence-electron chi connectivity index (χ0n) is 17.5. The summed E-state index contributed by atoms with van der Waals surface area (Å²) in [6, 6.07) is 9.59. The molecule has 3 aromatic rings. The highest BCUT2D eigenvalue weighted by Gasteiger charge is 2.16. The number of rotatable bonds is 7. The van der Waals surface area contributed by atoms with Crippen molar-refractivity contribution in [2.75, 3.05) is 26.2 Å². The van der Waals surface area contributed by atoms with Gasteiger partial charge in [0.1, 0.15) is 5.75 Å². The number of ether oxygens (including phenoxy) is 1. The Balaban J connectivity index is 1.29. The Bertz CT molecular complexity index is 1060. The second kappa shape index (κ2) is 8.64. The van der Waals surface area contributed by atoms with Crippen LogP contribution in [-0.2, 0) is 6.54 Å². The molecule has 3 heterocycles. The van der Waals surface area contributed by atoms with Crippen LogP contribution in [0, 0.1) is 5.92 Å². The van der Waals surface area contributed by atoms with E-state index in [0.29, 0.717) is 18.3 Å². The molecule has 2 aromatic heterocycles. The van der Waals surface area contributed by atoms with Crippen molar-refractivity contribution in [3.63, 3.8) is 0 Å². The molecule has 2 aliphatic rings. The topological polar surface area (TPSA) is 52.3 Å². The summed E-state index contributed by atoms with van der Waals surface area (Å²) in [6.07, 6.45) is 11.4. The quantitative estimate of drug-likeness (QED) is 0.598. The van der Waals surface area contributed by atoms with Crippen molar-refractivity contribution in [2.24, 2.45) is 5.92 Å². The molecule has 0 unspecified atom stereocenters. The first-order valence-corrected chi connectivity index (χ1v) is 11.3. The minimum absolute atomic E-state index is 0.0697. The third-order valence-electron chi connectivity index (χ3n) is 6.58. The van der Waals surface area contributed by atoms with E-state index in [1.165, 1.54) is 51.6 Å². The van der Waals surface area contributed by atoms with Gasteiger partial charge in [0.15, 0.2) is 0 Å². The Kier molecular flexibility index (Phi) is 5.58. The predicted molar refractivity (Wildman–Crippen MR) is 118 cm³/mol. The van der Waals surface area contributed by atoms with Crippen molar-refractivity contribution < 1.29 is 4.74 Å². The summed E-state index contributed by atoms with van der Waals surface area (Å²) in [5.41, 5.74) is 1.90. The van der Waals surface area contributed by atoms with Gasteiger partial charge in [-0.3, -0.25) is 14.0 Å². The van der Waals surface area contributed by atoms with E-state index in [1.807, 2.05) is 30.6 Å². The van der Waals surface area contributed by atoms with Gasteiger partial charge in [-0.15, -0.1) is 0 Å². The number of fused-ring (bicyclic) bond motifs is 1. The molecular formula is C24H30N4O2. The molecule has 1 aliphatic heterocycles. The first-order chi connectivity index (χ1) is 14.8. The molecule has 0 spiro atoms. The maximum absolute atomic E-state index is 12.7. The van der Waals surface area contributed by atoms with Gasteiger partial charge in [-0.25, -0.2) is 0 Å². The molecule has 1 aromatic carbocycles. The van der Waals surface area contributed by atoms with Gasteiger partial charge in [-0.2, -0.15) is 5.10 Å². The lowest BCUT2D eigenvalue weighted by Gasteiger charge is -2.14. The van der Waals surface area contributed by atoms with Crippen molar-refractivity contribution in [3.05, 3.63) is 53.1 Å². The monoisotopic (exact) mass is 406 g/mol. The predicted octanol–water partition coefficient (Wildman–Crippen LogP) is 3.85. The number of pyridine rings is 1. The number of aromatic nitrogens is 3. The summed E-state index contributed by atoms with van der Waals surface area (Å²) in [5.74, 6) is 1.30. The summed E-state index contributed by atoms with van der Waals surface area (Å²) in [6.45, 7) is 5.06. The molecular weight excluding hydrogens is 376 g/mol. The van der Waals surface area contributed by atoms with Crippen LogP contribution in [0.2, 0.25) is 0 Å². The summed E-state index contributed by atoms with van der Waals surface area (Å²) in [5, 5.41) is 5.63. The molecule has 30 heavy (non-hydrogen) atoms. The molecule has 6 nitrogen and oxygen atoms in total. The smallest absolute Gasteiger partial charge is 0.258 e. The first-order valence-electron chi connectivity index (χ1n) is 11.3. The van der Waals surface area contributed by atoms with E-state index in [4.69, 9.17) is 4.74 Å². The Morgan fingerprint density at radius 3 is 2.63 bits per heavy atom. The molecule has 6 heteroatoms. The highest BCUT2D eigenvalue weighted by atomic mass is 16.5. The fourth-order valence-electron chi connectivity index (χ4n) is 4.80. The summed E-state index contributed by atoms with van der Waals surface area (Å²) in [7, 11) is 0. The molecule has 158 valence electrons. The normalized spacial score (nSPS) is 17.9. The van der Waals surface area contributed by atoms with E-state index in [2.05, 4.69) is 20.7 Å². The van der Waals surface area contributed by atoms with Gasteiger partial charge in [0.2, 0.25) is 0 Å². The highest BCUT2D eigenvalue weighted by Crippen LogP contribution is 2.25. The molecule has 2 fully saturated rings. The van der Waals surface area contributed by atoms with Crippen molar-refractivity contribution in [3.8, 4) is 11.4 Å². The number of nitrogens with zero attached hydrogens (tertiary/aromatic N) is 4. The summed E-state index contributed by atoms with van der Waals surface area (Å²) < 4.78 is 9.61. The van der Waals surface area contributed by atoms with Crippen LogP contribution in [0.3, 0.4) is 0 Å². The Labute approximate surface area is 177 Å². The van der Waals surface area contributed by atoms with Crippen molar-refractivity contribution >= 4 is 10.9 Å². The van der Waals surface area contributed by atoms with E-state index in [-0.39, 0.29) is 5.56 Å². The van der Waals surface area contributed by atoms with E-state index in [1.54, 1.807) is 10.6 Å². The van der Waals surface area contributed by atoms with Gasteiger partial charge >= 0.3 is 0 Å². The lowest BCUT2D eigenvalue weighted by Crippen LogP contribution is -2.24. The second-order valence-electron chi connectivity index (χ2n) is 8.69. The number of likely N-dealkylation sites (tertiary alicyclic amines) is 1. The molecule has 0 amide bonds. The largest absolute Gasteiger partial charge is 0.493 e. The van der Waals surface area contributed by atoms with Gasteiger partial charge in [-0.05, 0) is 69.0 Å². The average Bonchev–Trinajstić information content (AvgIpc) is 3.52. The molecule has 5 rings (SSSR count). The molecule has 1 saturated carbocycles. The molecule has 0 N–H and O–H groups in total. The van der Waals surface area contributed by atoms with E-state index < -0.39 is 0 Å². The van der Waals surface area contributed by atoms with Gasteiger partial charge in [0, 0.05) is 29.9 Å². The number of hydrogen-bond acceptors (Lipinski definition) is 4. The zero-order valence-corrected chi connectivity index (χ0v) is 17.5. The maximum Gasteiger partial charge on any atom is 0.258 e. The van der Waals surface area contributed by atoms with Gasteiger partial charge in [0.05, 0.1) is 24.9 Å². The van der Waals surface area contributed by atoms with Crippen LogP contribution < -0.4 is 10.3 Å². The maximum atomic E-state index is 12.7. The van der Waals surface area contributed by atoms with Crippen LogP contribution >= 0.6 is 0 Å². The lowest BCUT2D eigenvalue weighted by atomic mass is 10.1. The number of hydrogen-bond donors (Lipinski definition) is 0. The van der Waals surface area contributed by atoms with Crippen LogP contribution in [0.1, 0.15) is 38.5 Å². The SMILES string of the molecule is O=c1cc(OCC2CCCC2)ccn1-c1ccc2c(cnn2CCN2CCCC2)c1. The molecule has 1 aliphatic carbocycles. The van der Waals surface area contributed by atoms with Gasteiger partial charge in [0.25, 0.3) is 5.56 Å². The Hall–Kier alpha value is -2.60. The average molecular weight is 407 g/mol. The standard InChI is InChI=1S/C24H30N4O2/c29-24-16-22(30-18-19-5-1-2-6-19)9-12-27(24)21-7-8-23-20(15-21)17-25-28(23)14-13-26-10-3-4-11-26/h7-9,12,15-17,19H,1-6,10-11,13-14,18H2. The molecule has 1 saturated heterocycles. The fraction of sp³-hybridized carbons (Fsp3) is 0.500. The molecule has 0 radical (unpaired) electrons. The van der Waals surface area contributed by atoms with Crippen molar-refractivity contribution in [2.45, 2.75) is 45.1 Å². The molecule has 0 bridgehead atoms. The Morgan fingerprint density at radius 1 is 1.00 bits per heavy atom. The molecule has 0 atom stereocenters. The van der Waals surface area contributed by atoms with E-state index >= 15 is 0 Å².